The van der Waals surface area contributed by atoms with Gasteiger partial charge < -0.3 is 14.6 Å². The molecule has 32 heavy (non-hydrogen) atoms. The Hall–Kier alpha value is -3.05. The van der Waals surface area contributed by atoms with Crippen LogP contribution < -0.4 is 5.32 Å². The predicted molar refractivity (Wildman–Crippen MR) is 113 cm³/mol. The molecule has 12 heteroatoms. The lowest BCUT2D eigenvalue weighted by molar-refractivity contribution is -0.137. The van der Waals surface area contributed by atoms with Crippen LogP contribution in [0, 0.1) is 0 Å². The van der Waals surface area contributed by atoms with E-state index < -0.39 is 30.1 Å². The lowest BCUT2D eigenvalue weighted by atomic mass is 10.1. The van der Waals surface area contributed by atoms with E-state index in [0.29, 0.717) is 10.6 Å². The van der Waals surface area contributed by atoms with Gasteiger partial charge in [-0.15, -0.1) is 10.2 Å². The van der Waals surface area contributed by atoms with Crippen LogP contribution in [0.25, 0.3) is 11.5 Å². The zero-order valence-electron chi connectivity index (χ0n) is 16.5. The van der Waals surface area contributed by atoms with Gasteiger partial charge in [-0.25, -0.2) is 0 Å². The third kappa shape index (κ3) is 6.01. The smallest absolute Gasteiger partial charge is 0.411 e. The van der Waals surface area contributed by atoms with Gasteiger partial charge in [-0.05, 0) is 24.3 Å². The van der Waals surface area contributed by atoms with Crippen LogP contribution in [0.5, 0.6) is 0 Å². The molecule has 0 aliphatic heterocycles. The first kappa shape index (κ1) is 23.6. The molecule has 0 atom stereocenters. The summed E-state index contributed by atoms with van der Waals surface area (Å²) in [4.78, 5) is 25.5. The number of likely N-dealkylation sites (N-methyl/N-ethyl adjacent to an activating group) is 1. The Kier molecular flexibility index (Phi) is 7.41. The largest absolute Gasteiger partial charge is 0.418 e. The maximum atomic E-state index is 13.0. The number of anilines is 1. The van der Waals surface area contributed by atoms with Gasteiger partial charge in [0.25, 0.3) is 5.22 Å². The summed E-state index contributed by atoms with van der Waals surface area (Å²) in [6, 6.07) is 11.5. The van der Waals surface area contributed by atoms with Gasteiger partial charge in [0, 0.05) is 7.05 Å². The molecular weight excluding hydrogens is 469 g/mol. The number of alkyl halides is 3. The summed E-state index contributed by atoms with van der Waals surface area (Å²) in [5.74, 6) is -1.14. The number of carbonyl (C=O) groups is 2. The fourth-order valence-electron chi connectivity index (χ4n) is 2.58. The number of para-hydroxylation sites is 1. The van der Waals surface area contributed by atoms with Gasteiger partial charge in [-0.1, -0.05) is 47.6 Å². The molecule has 1 heterocycles. The number of hydrogen-bond donors (Lipinski definition) is 1. The van der Waals surface area contributed by atoms with Crippen molar-refractivity contribution in [3.05, 3.63) is 59.1 Å². The van der Waals surface area contributed by atoms with Gasteiger partial charge >= 0.3 is 6.18 Å². The van der Waals surface area contributed by atoms with Crippen LogP contribution in [0.2, 0.25) is 5.02 Å². The maximum Gasteiger partial charge on any atom is 0.418 e. The van der Waals surface area contributed by atoms with Gasteiger partial charge in [0.05, 0.1) is 34.1 Å². The SMILES string of the molecule is CN(CC(=O)Nc1ccccc1C(F)(F)F)C(=O)CSc1nnc(-c2ccccc2Cl)o1. The van der Waals surface area contributed by atoms with Gasteiger partial charge in [0.15, 0.2) is 0 Å². The van der Waals surface area contributed by atoms with Crippen LogP contribution in [0.3, 0.4) is 0 Å². The number of nitrogens with one attached hydrogen (secondary N) is 1. The summed E-state index contributed by atoms with van der Waals surface area (Å²) in [7, 11) is 1.36. The number of hydrogen-bond acceptors (Lipinski definition) is 6. The van der Waals surface area contributed by atoms with Crippen LogP contribution in [0.1, 0.15) is 5.56 Å². The van der Waals surface area contributed by atoms with Crippen LogP contribution in [0.4, 0.5) is 18.9 Å². The standard InChI is InChI=1S/C20H16ClF3N4O3S/c1-28(10-16(29)25-15-9-5-3-7-13(15)20(22,23)24)17(30)11-32-19-27-26-18(31-19)12-6-2-4-8-14(12)21/h2-9H,10-11H2,1H3,(H,25,29). The highest BCUT2D eigenvalue weighted by atomic mass is 35.5. The van der Waals surface area contributed by atoms with Gasteiger partial charge in [0.2, 0.25) is 17.7 Å². The summed E-state index contributed by atoms with van der Waals surface area (Å²) in [5.41, 5.74) is -0.797. The molecule has 0 aliphatic rings. The molecule has 168 valence electrons. The fourth-order valence-corrected chi connectivity index (χ4v) is 3.50. The predicted octanol–water partition coefficient (Wildman–Crippen LogP) is 4.60. The van der Waals surface area contributed by atoms with Crippen molar-refractivity contribution in [2.24, 2.45) is 0 Å². The molecule has 1 aromatic heterocycles. The molecule has 2 amide bonds. The molecule has 0 aliphatic carbocycles. The number of nitrogens with zero attached hydrogens (tertiary/aromatic N) is 3. The van der Waals surface area contributed by atoms with E-state index in [-0.39, 0.29) is 22.6 Å². The molecule has 1 N–H and O–H groups in total. The van der Waals surface area contributed by atoms with Gasteiger partial charge in [-0.2, -0.15) is 13.2 Å². The van der Waals surface area contributed by atoms with Gasteiger partial charge in [0.1, 0.15) is 0 Å². The summed E-state index contributed by atoms with van der Waals surface area (Å²) < 4.78 is 44.6. The van der Waals surface area contributed by atoms with Crippen molar-refractivity contribution >= 4 is 40.9 Å². The summed E-state index contributed by atoms with van der Waals surface area (Å²) in [5, 5.41) is 10.5. The van der Waals surface area contributed by atoms with E-state index in [9.17, 15) is 22.8 Å². The summed E-state index contributed by atoms with van der Waals surface area (Å²) in [6.07, 6.45) is -4.62. The number of carbonyl (C=O) groups excluding carboxylic acids is 2. The first-order valence-corrected chi connectivity index (χ1v) is 10.4. The van der Waals surface area contributed by atoms with Crippen molar-refractivity contribution in [1.82, 2.24) is 15.1 Å². The van der Waals surface area contributed by atoms with Crippen LogP contribution in [-0.2, 0) is 15.8 Å². The number of aromatic nitrogens is 2. The zero-order valence-corrected chi connectivity index (χ0v) is 18.1. The van der Waals surface area contributed by atoms with Gasteiger partial charge in [-0.3, -0.25) is 9.59 Å². The molecule has 2 aromatic carbocycles. The van der Waals surface area contributed by atoms with Crippen molar-refractivity contribution in [3.8, 4) is 11.5 Å². The molecule has 7 nitrogen and oxygen atoms in total. The highest BCUT2D eigenvalue weighted by Gasteiger charge is 2.33. The molecular formula is C20H16ClF3N4O3S. The molecule has 0 saturated heterocycles. The molecule has 3 aromatic rings. The minimum absolute atomic E-state index is 0.118. The molecule has 3 rings (SSSR count). The molecule has 0 radical (unpaired) electrons. The molecule has 0 saturated carbocycles. The first-order valence-electron chi connectivity index (χ1n) is 9.06. The number of rotatable bonds is 7. The Morgan fingerprint density at radius 3 is 2.53 bits per heavy atom. The van der Waals surface area contributed by atoms with Crippen molar-refractivity contribution in [3.63, 3.8) is 0 Å². The topological polar surface area (TPSA) is 88.3 Å². The molecule has 0 bridgehead atoms. The van der Waals surface area contributed by atoms with E-state index in [1.165, 1.54) is 19.2 Å². The van der Waals surface area contributed by atoms with E-state index in [2.05, 4.69) is 15.5 Å². The third-order valence-electron chi connectivity index (χ3n) is 4.14. The highest BCUT2D eigenvalue weighted by Crippen LogP contribution is 2.34. The molecule has 0 fully saturated rings. The van der Waals surface area contributed by atoms with Crippen LogP contribution in [0.15, 0.2) is 58.2 Å². The number of thioether (sulfide) groups is 1. The Balaban J connectivity index is 1.54. The minimum Gasteiger partial charge on any atom is -0.411 e. The Labute approximate surface area is 189 Å². The first-order chi connectivity index (χ1) is 15.1. The zero-order chi connectivity index (χ0) is 23.3. The normalized spacial score (nSPS) is 11.3. The Bertz CT molecular complexity index is 1120. The monoisotopic (exact) mass is 484 g/mol. The molecule has 0 spiro atoms. The van der Waals surface area contributed by atoms with Crippen molar-refractivity contribution in [2.75, 3.05) is 24.7 Å². The second-order valence-corrected chi connectivity index (χ2v) is 7.82. The number of halogens is 4. The number of amides is 2. The maximum absolute atomic E-state index is 13.0. The van der Waals surface area contributed by atoms with E-state index in [1.54, 1.807) is 24.3 Å². The quantitative estimate of drug-likeness (QED) is 0.493. The second-order valence-electron chi connectivity index (χ2n) is 6.48. The Morgan fingerprint density at radius 1 is 1.12 bits per heavy atom. The fraction of sp³-hybridized carbons (Fsp3) is 0.200. The minimum atomic E-state index is -4.62. The van der Waals surface area contributed by atoms with E-state index in [0.717, 1.165) is 28.8 Å². The summed E-state index contributed by atoms with van der Waals surface area (Å²) in [6.45, 7) is -0.430. The lowest BCUT2D eigenvalue weighted by Gasteiger charge is -2.18. The lowest BCUT2D eigenvalue weighted by Crippen LogP contribution is -2.36. The Morgan fingerprint density at radius 2 is 1.81 bits per heavy atom. The number of benzene rings is 2. The average Bonchev–Trinajstić information content (AvgIpc) is 3.20. The molecule has 0 unspecified atom stereocenters. The van der Waals surface area contributed by atoms with Crippen molar-refractivity contribution in [2.45, 2.75) is 11.4 Å². The summed E-state index contributed by atoms with van der Waals surface area (Å²) >= 11 is 7.04. The van der Waals surface area contributed by atoms with Crippen LogP contribution in [-0.4, -0.2) is 46.3 Å². The van der Waals surface area contributed by atoms with E-state index in [1.807, 2.05) is 0 Å². The third-order valence-corrected chi connectivity index (χ3v) is 5.28. The highest BCUT2D eigenvalue weighted by molar-refractivity contribution is 7.99. The van der Waals surface area contributed by atoms with Crippen LogP contribution >= 0.6 is 23.4 Å². The average molecular weight is 485 g/mol. The van der Waals surface area contributed by atoms with Crippen molar-refractivity contribution < 1.29 is 27.2 Å². The van der Waals surface area contributed by atoms with Crippen molar-refractivity contribution in [1.29, 1.82) is 0 Å². The van der Waals surface area contributed by atoms with E-state index >= 15 is 0 Å². The second kappa shape index (κ2) is 10.0. The van der Waals surface area contributed by atoms with E-state index in [4.69, 9.17) is 16.0 Å².